The molecular weight excluding hydrogens is 202 g/mol. The Morgan fingerprint density at radius 3 is 2.50 bits per heavy atom. The molecule has 0 aliphatic rings. The summed E-state index contributed by atoms with van der Waals surface area (Å²) in [5.41, 5.74) is 1.19. The maximum Gasteiger partial charge on any atom is 0.0923 e. The van der Waals surface area contributed by atoms with Crippen LogP contribution in [0, 0.1) is 0 Å². The van der Waals surface area contributed by atoms with Gasteiger partial charge in [-0.3, -0.25) is 0 Å². The summed E-state index contributed by atoms with van der Waals surface area (Å²) in [7, 11) is 0. The molecule has 0 heterocycles. The molecule has 3 heteroatoms. The van der Waals surface area contributed by atoms with Gasteiger partial charge in [-0.2, -0.15) is 0 Å². The Morgan fingerprint density at radius 1 is 1.25 bits per heavy atom. The number of hydrogen-bond donors (Lipinski definition) is 3. The highest BCUT2D eigenvalue weighted by molar-refractivity contribution is 5.14. The summed E-state index contributed by atoms with van der Waals surface area (Å²) in [5.74, 6) is 0. The van der Waals surface area contributed by atoms with Gasteiger partial charge in [0, 0.05) is 12.6 Å². The molecule has 0 aliphatic heterocycles. The van der Waals surface area contributed by atoms with Gasteiger partial charge in [0.1, 0.15) is 0 Å². The number of rotatable bonds is 7. The fraction of sp³-hybridized carbons (Fsp3) is 0.538. The lowest BCUT2D eigenvalue weighted by atomic mass is 10.1. The van der Waals surface area contributed by atoms with E-state index >= 15 is 0 Å². The van der Waals surface area contributed by atoms with Crippen LogP contribution in [0.3, 0.4) is 0 Å². The highest BCUT2D eigenvalue weighted by atomic mass is 16.3. The van der Waals surface area contributed by atoms with E-state index in [1.165, 1.54) is 5.56 Å². The molecule has 1 rings (SSSR count). The van der Waals surface area contributed by atoms with Crippen LogP contribution in [0.5, 0.6) is 0 Å². The Bertz CT molecular complexity index is 277. The zero-order valence-corrected chi connectivity index (χ0v) is 9.76. The van der Waals surface area contributed by atoms with E-state index in [4.69, 9.17) is 5.11 Å². The topological polar surface area (TPSA) is 52.5 Å². The summed E-state index contributed by atoms with van der Waals surface area (Å²) >= 11 is 0. The first-order valence-corrected chi connectivity index (χ1v) is 5.84. The highest BCUT2D eigenvalue weighted by Gasteiger charge is 2.16. The van der Waals surface area contributed by atoms with E-state index in [-0.39, 0.29) is 12.6 Å². The Balaban J connectivity index is 2.43. The van der Waals surface area contributed by atoms with Crippen molar-refractivity contribution in [2.45, 2.75) is 38.5 Å². The Morgan fingerprint density at radius 2 is 1.94 bits per heavy atom. The van der Waals surface area contributed by atoms with Gasteiger partial charge in [0.15, 0.2) is 0 Å². The SMILES string of the molecule is CCC[C@@H](NCc1ccccc1)[C@@H](O)CO. The van der Waals surface area contributed by atoms with Crippen molar-refractivity contribution in [3.8, 4) is 0 Å². The summed E-state index contributed by atoms with van der Waals surface area (Å²) < 4.78 is 0. The third kappa shape index (κ3) is 4.31. The summed E-state index contributed by atoms with van der Waals surface area (Å²) in [6.45, 7) is 2.61. The number of benzene rings is 1. The van der Waals surface area contributed by atoms with E-state index in [0.717, 1.165) is 19.4 Å². The van der Waals surface area contributed by atoms with Gasteiger partial charge in [-0.05, 0) is 12.0 Å². The van der Waals surface area contributed by atoms with Crippen LogP contribution >= 0.6 is 0 Å². The monoisotopic (exact) mass is 223 g/mol. The smallest absolute Gasteiger partial charge is 0.0923 e. The number of nitrogens with one attached hydrogen (secondary N) is 1. The molecule has 0 unspecified atom stereocenters. The number of aliphatic hydroxyl groups excluding tert-OH is 2. The van der Waals surface area contributed by atoms with Crippen LogP contribution < -0.4 is 5.32 Å². The van der Waals surface area contributed by atoms with Crippen molar-refractivity contribution in [1.82, 2.24) is 5.32 Å². The lowest BCUT2D eigenvalue weighted by molar-refractivity contribution is 0.0592. The second kappa shape index (κ2) is 7.39. The Labute approximate surface area is 97.1 Å². The standard InChI is InChI=1S/C13H21NO2/c1-2-6-12(13(16)10-15)14-9-11-7-4-3-5-8-11/h3-5,7-8,12-16H,2,6,9-10H2,1H3/t12-,13+/m1/s1. The third-order valence-electron chi connectivity index (χ3n) is 2.66. The van der Waals surface area contributed by atoms with Crippen LogP contribution in [0.2, 0.25) is 0 Å². The predicted molar refractivity (Wildman–Crippen MR) is 65.1 cm³/mol. The van der Waals surface area contributed by atoms with Crippen molar-refractivity contribution >= 4 is 0 Å². The minimum absolute atomic E-state index is 0.0322. The number of aliphatic hydroxyl groups is 2. The molecule has 0 saturated carbocycles. The van der Waals surface area contributed by atoms with Gasteiger partial charge < -0.3 is 15.5 Å². The van der Waals surface area contributed by atoms with Gasteiger partial charge >= 0.3 is 0 Å². The zero-order chi connectivity index (χ0) is 11.8. The molecule has 1 aromatic rings. The zero-order valence-electron chi connectivity index (χ0n) is 9.76. The van der Waals surface area contributed by atoms with Gasteiger partial charge in [-0.15, -0.1) is 0 Å². The first-order valence-electron chi connectivity index (χ1n) is 5.84. The highest BCUT2D eigenvalue weighted by Crippen LogP contribution is 2.05. The molecule has 0 aromatic heterocycles. The van der Waals surface area contributed by atoms with E-state index < -0.39 is 6.10 Å². The summed E-state index contributed by atoms with van der Waals surface area (Å²) in [6, 6.07) is 10.0. The molecular formula is C13H21NO2. The van der Waals surface area contributed by atoms with E-state index in [9.17, 15) is 5.11 Å². The molecule has 16 heavy (non-hydrogen) atoms. The lowest BCUT2D eigenvalue weighted by Gasteiger charge is -2.22. The van der Waals surface area contributed by atoms with Crippen molar-refractivity contribution in [2.75, 3.05) is 6.61 Å². The van der Waals surface area contributed by atoms with Crippen LogP contribution in [0.4, 0.5) is 0 Å². The van der Waals surface area contributed by atoms with E-state index in [1.807, 2.05) is 30.3 Å². The minimum Gasteiger partial charge on any atom is -0.394 e. The third-order valence-corrected chi connectivity index (χ3v) is 2.66. The molecule has 90 valence electrons. The Hall–Kier alpha value is -0.900. The molecule has 0 amide bonds. The van der Waals surface area contributed by atoms with Gasteiger partial charge in [0.05, 0.1) is 12.7 Å². The predicted octanol–water partition coefficient (Wildman–Crippen LogP) is 1.30. The lowest BCUT2D eigenvalue weighted by Crippen LogP contribution is -2.41. The van der Waals surface area contributed by atoms with Crippen LogP contribution in [0.15, 0.2) is 30.3 Å². The van der Waals surface area contributed by atoms with Crippen molar-refractivity contribution in [2.24, 2.45) is 0 Å². The van der Waals surface area contributed by atoms with Gasteiger partial charge in [0.2, 0.25) is 0 Å². The molecule has 0 bridgehead atoms. The second-order valence-electron chi connectivity index (χ2n) is 4.01. The fourth-order valence-corrected chi connectivity index (χ4v) is 1.71. The average molecular weight is 223 g/mol. The molecule has 0 radical (unpaired) electrons. The molecule has 0 spiro atoms. The molecule has 2 atom stereocenters. The van der Waals surface area contributed by atoms with Crippen LogP contribution in [-0.4, -0.2) is 29.0 Å². The number of hydrogen-bond acceptors (Lipinski definition) is 3. The van der Waals surface area contributed by atoms with Gasteiger partial charge in [-0.25, -0.2) is 0 Å². The molecule has 0 saturated heterocycles. The van der Waals surface area contributed by atoms with Crippen LogP contribution in [0.25, 0.3) is 0 Å². The molecule has 0 aliphatic carbocycles. The van der Waals surface area contributed by atoms with E-state index in [0.29, 0.717) is 0 Å². The van der Waals surface area contributed by atoms with Gasteiger partial charge in [0.25, 0.3) is 0 Å². The van der Waals surface area contributed by atoms with Crippen molar-refractivity contribution < 1.29 is 10.2 Å². The molecule has 3 nitrogen and oxygen atoms in total. The minimum atomic E-state index is -0.677. The molecule has 0 fully saturated rings. The molecule has 1 aromatic carbocycles. The first kappa shape index (κ1) is 13.2. The Kier molecular flexibility index (Phi) is 6.08. The summed E-state index contributed by atoms with van der Waals surface area (Å²) in [4.78, 5) is 0. The summed E-state index contributed by atoms with van der Waals surface area (Å²) in [6.07, 6.45) is 1.18. The summed E-state index contributed by atoms with van der Waals surface area (Å²) in [5, 5.41) is 21.8. The van der Waals surface area contributed by atoms with Crippen molar-refractivity contribution in [1.29, 1.82) is 0 Å². The quantitative estimate of drug-likeness (QED) is 0.653. The van der Waals surface area contributed by atoms with Crippen LogP contribution in [0.1, 0.15) is 25.3 Å². The first-order chi connectivity index (χ1) is 7.77. The fourth-order valence-electron chi connectivity index (χ4n) is 1.71. The largest absolute Gasteiger partial charge is 0.394 e. The maximum atomic E-state index is 9.61. The van der Waals surface area contributed by atoms with Crippen LogP contribution in [-0.2, 0) is 6.54 Å². The normalized spacial score (nSPS) is 14.7. The van der Waals surface area contributed by atoms with E-state index in [2.05, 4.69) is 12.2 Å². The second-order valence-corrected chi connectivity index (χ2v) is 4.01. The average Bonchev–Trinajstić information content (AvgIpc) is 2.34. The van der Waals surface area contributed by atoms with Crippen molar-refractivity contribution in [3.63, 3.8) is 0 Å². The molecule has 3 N–H and O–H groups in total. The van der Waals surface area contributed by atoms with Crippen molar-refractivity contribution in [3.05, 3.63) is 35.9 Å². The maximum absolute atomic E-state index is 9.61. The van der Waals surface area contributed by atoms with Gasteiger partial charge in [-0.1, -0.05) is 43.7 Å². The van der Waals surface area contributed by atoms with E-state index in [1.54, 1.807) is 0 Å².